The minimum atomic E-state index is -0.730. The van der Waals surface area contributed by atoms with Crippen LogP contribution < -0.4 is 0 Å². The van der Waals surface area contributed by atoms with Crippen LogP contribution in [0.15, 0.2) is 48.5 Å². The molecule has 1 amide bonds. The van der Waals surface area contributed by atoms with Crippen LogP contribution in [0.2, 0.25) is 10.3 Å². The zero-order chi connectivity index (χ0) is 26.2. The molecule has 1 aliphatic heterocycles. The Labute approximate surface area is 224 Å². The topological polar surface area (TPSA) is 52.6 Å². The van der Waals surface area contributed by atoms with E-state index >= 15 is 0 Å². The van der Waals surface area contributed by atoms with Crippen molar-refractivity contribution in [1.82, 2.24) is 24.7 Å². The fraction of sp³-hybridized carbons (Fsp3) is 0.370. The molecule has 0 saturated carbocycles. The summed E-state index contributed by atoms with van der Waals surface area (Å²) >= 11 is 11.9. The van der Waals surface area contributed by atoms with Crippen LogP contribution in [0.5, 0.6) is 0 Å². The van der Waals surface area contributed by atoms with Crippen LogP contribution in [-0.4, -0.2) is 69.3 Å². The van der Waals surface area contributed by atoms with E-state index in [1.54, 1.807) is 24.1 Å². The van der Waals surface area contributed by atoms with Gasteiger partial charge in [0.15, 0.2) is 0 Å². The molecule has 0 N–H and O–H groups in total. The zero-order valence-corrected chi connectivity index (χ0v) is 21.9. The highest BCUT2D eigenvalue weighted by molar-refractivity contribution is 6.29. The van der Waals surface area contributed by atoms with E-state index in [0.717, 1.165) is 18.7 Å². The molecule has 0 unspecified atom stereocenters. The van der Waals surface area contributed by atoms with Gasteiger partial charge in [0.25, 0.3) is 0 Å². The minimum Gasteiger partial charge on any atom is -0.340 e. The summed E-state index contributed by atoms with van der Waals surface area (Å²) in [6.07, 6.45) is 1.23. The molecule has 6 nitrogen and oxygen atoms in total. The van der Waals surface area contributed by atoms with Gasteiger partial charge in [-0.3, -0.25) is 14.6 Å². The van der Waals surface area contributed by atoms with Gasteiger partial charge in [0.1, 0.15) is 15.8 Å². The van der Waals surface area contributed by atoms with E-state index in [1.165, 1.54) is 23.3 Å². The third-order valence-corrected chi connectivity index (χ3v) is 7.66. The number of hydrogen-bond donors (Lipinski definition) is 0. The molecule has 0 atom stereocenters. The first-order valence-corrected chi connectivity index (χ1v) is 12.9. The number of hydrogen-bond acceptors (Lipinski definition) is 5. The molecule has 1 fully saturated rings. The molecule has 2 aliphatic rings. The molecule has 2 aromatic heterocycles. The van der Waals surface area contributed by atoms with Crippen molar-refractivity contribution in [3.63, 3.8) is 0 Å². The van der Waals surface area contributed by atoms with E-state index < -0.39 is 17.4 Å². The van der Waals surface area contributed by atoms with Gasteiger partial charge in [-0.15, -0.1) is 0 Å². The Balaban J connectivity index is 1.34. The monoisotopic (exact) mass is 545 g/mol. The number of pyridine rings is 2. The first kappa shape index (κ1) is 26.0. The minimum absolute atomic E-state index is 0.00604. The maximum Gasteiger partial charge on any atom is 0.243 e. The molecular weight excluding hydrogens is 519 g/mol. The van der Waals surface area contributed by atoms with Crippen LogP contribution in [0.4, 0.5) is 8.78 Å². The lowest BCUT2D eigenvalue weighted by Gasteiger charge is -2.46. The van der Waals surface area contributed by atoms with Crippen LogP contribution in [0.1, 0.15) is 22.3 Å². The summed E-state index contributed by atoms with van der Waals surface area (Å²) in [5.41, 5.74) is 2.98. The second-order valence-electron chi connectivity index (χ2n) is 9.82. The van der Waals surface area contributed by atoms with Crippen molar-refractivity contribution >= 4 is 29.1 Å². The zero-order valence-electron chi connectivity index (χ0n) is 20.4. The van der Waals surface area contributed by atoms with Gasteiger partial charge in [-0.2, -0.15) is 8.78 Å². The van der Waals surface area contributed by atoms with Crippen LogP contribution in [0.3, 0.4) is 0 Å². The number of amides is 1. The van der Waals surface area contributed by atoms with Gasteiger partial charge >= 0.3 is 0 Å². The number of rotatable bonds is 6. The molecule has 37 heavy (non-hydrogen) atoms. The summed E-state index contributed by atoms with van der Waals surface area (Å²) in [7, 11) is 1.75. The molecule has 0 bridgehead atoms. The van der Waals surface area contributed by atoms with E-state index in [1.807, 2.05) is 12.1 Å². The van der Waals surface area contributed by atoms with Crippen molar-refractivity contribution in [2.45, 2.75) is 31.5 Å². The summed E-state index contributed by atoms with van der Waals surface area (Å²) in [4.78, 5) is 27.5. The average molecular weight is 546 g/mol. The molecule has 1 saturated heterocycles. The van der Waals surface area contributed by atoms with E-state index in [2.05, 4.69) is 31.9 Å². The third-order valence-electron chi connectivity index (χ3n) is 7.28. The maximum absolute atomic E-state index is 14.1. The Morgan fingerprint density at radius 1 is 0.919 bits per heavy atom. The molecule has 10 heteroatoms. The van der Waals surface area contributed by atoms with Gasteiger partial charge in [-0.25, -0.2) is 9.97 Å². The fourth-order valence-electron chi connectivity index (χ4n) is 5.61. The molecule has 3 heterocycles. The molecule has 0 radical (unpaired) electrons. The number of carbonyl (C=O) groups excluding carboxylic acids is 1. The van der Waals surface area contributed by atoms with Crippen LogP contribution in [-0.2, 0) is 30.7 Å². The number of halogens is 4. The van der Waals surface area contributed by atoms with Gasteiger partial charge in [-0.1, -0.05) is 47.5 Å². The maximum atomic E-state index is 14.1. The van der Waals surface area contributed by atoms with Crippen molar-refractivity contribution in [2.24, 2.45) is 0 Å². The number of benzene rings is 1. The highest BCUT2D eigenvalue weighted by atomic mass is 35.5. The molecule has 1 aromatic carbocycles. The summed E-state index contributed by atoms with van der Waals surface area (Å²) < 4.78 is 27.5. The van der Waals surface area contributed by atoms with Crippen molar-refractivity contribution in [3.8, 4) is 0 Å². The molecule has 3 aromatic rings. The Morgan fingerprint density at radius 2 is 1.46 bits per heavy atom. The predicted octanol–water partition coefficient (Wildman–Crippen LogP) is 4.38. The number of fused-ring (bicyclic) bond motifs is 1. The Morgan fingerprint density at radius 3 is 2.03 bits per heavy atom. The lowest BCUT2D eigenvalue weighted by atomic mass is 9.90. The van der Waals surface area contributed by atoms with Crippen LogP contribution in [0, 0.1) is 11.9 Å². The number of likely N-dealkylation sites (N-methyl/N-ethyl adjacent to an activating group) is 1. The molecule has 1 aliphatic carbocycles. The number of carbonyl (C=O) groups is 1. The van der Waals surface area contributed by atoms with E-state index in [9.17, 15) is 13.6 Å². The van der Waals surface area contributed by atoms with Crippen molar-refractivity contribution < 1.29 is 13.6 Å². The van der Waals surface area contributed by atoms with Crippen molar-refractivity contribution in [2.75, 3.05) is 33.2 Å². The highest BCUT2D eigenvalue weighted by Gasteiger charge is 2.50. The largest absolute Gasteiger partial charge is 0.340 e. The van der Waals surface area contributed by atoms with Gasteiger partial charge in [0, 0.05) is 59.2 Å². The average Bonchev–Trinajstić information content (AvgIpc) is 3.23. The second kappa shape index (κ2) is 10.6. The van der Waals surface area contributed by atoms with Crippen LogP contribution in [0.25, 0.3) is 0 Å². The Kier molecular flexibility index (Phi) is 7.45. The number of piperazine rings is 1. The highest BCUT2D eigenvalue weighted by Crippen LogP contribution is 2.37. The lowest BCUT2D eigenvalue weighted by Crippen LogP contribution is -2.64. The molecule has 5 rings (SSSR count). The van der Waals surface area contributed by atoms with Gasteiger partial charge < -0.3 is 4.90 Å². The standard InChI is InChI=1S/C27H27Cl2F2N5O/c1-34(16-18-10-22(28)32-24(30)12-18)26(37)27(14-20-4-2-3-5-21(20)15-27)36-8-6-35(7-9-36)17-19-11-23(29)33-25(31)13-19/h2-5,10-13H,6-9,14-17H2,1H3. The van der Waals surface area contributed by atoms with E-state index in [0.29, 0.717) is 38.0 Å². The number of nitrogens with zero attached hydrogens (tertiary/aromatic N) is 5. The van der Waals surface area contributed by atoms with Gasteiger partial charge in [-0.05, 0) is 46.5 Å². The van der Waals surface area contributed by atoms with Crippen molar-refractivity contribution in [1.29, 1.82) is 0 Å². The Bertz CT molecular complexity index is 1250. The normalized spacial score (nSPS) is 17.5. The first-order valence-electron chi connectivity index (χ1n) is 12.2. The molecule has 194 valence electrons. The quantitative estimate of drug-likeness (QED) is 0.430. The SMILES string of the molecule is CN(Cc1cc(F)nc(Cl)c1)C(=O)C1(N2CCN(Cc3cc(F)nc(Cl)c3)CC2)Cc2ccccc2C1. The Hall–Kier alpha value is -2.65. The van der Waals surface area contributed by atoms with Crippen molar-refractivity contribution in [3.05, 3.63) is 93.0 Å². The van der Waals surface area contributed by atoms with Gasteiger partial charge in [0.2, 0.25) is 17.8 Å². The van der Waals surface area contributed by atoms with Crippen LogP contribution >= 0.6 is 23.2 Å². The lowest BCUT2D eigenvalue weighted by molar-refractivity contribution is -0.145. The second-order valence-corrected chi connectivity index (χ2v) is 10.6. The van der Waals surface area contributed by atoms with E-state index in [-0.39, 0.29) is 22.8 Å². The fourth-order valence-corrected chi connectivity index (χ4v) is 6.05. The van der Waals surface area contributed by atoms with E-state index in [4.69, 9.17) is 23.2 Å². The summed E-state index contributed by atoms with van der Waals surface area (Å²) in [5.74, 6) is -1.26. The first-order chi connectivity index (χ1) is 17.7. The smallest absolute Gasteiger partial charge is 0.243 e. The summed E-state index contributed by atoms with van der Waals surface area (Å²) in [6, 6.07) is 14.1. The predicted molar refractivity (Wildman–Crippen MR) is 138 cm³/mol. The molecule has 0 spiro atoms. The number of aromatic nitrogens is 2. The third kappa shape index (κ3) is 5.62. The molecular formula is C27H27Cl2F2N5O. The summed E-state index contributed by atoms with van der Waals surface area (Å²) in [5, 5.41) is 0.200. The van der Waals surface area contributed by atoms with Gasteiger partial charge in [0.05, 0.1) is 0 Å². The summed E-state index contributed by atoms with van der Waals surface area (Å²) in [6.45, 7) is 3.60.